The molecule has 6 nitrogen and oxygen atoms in total. The van der Waals surface area contributed by atoms with Gasteiger partial charge in [-0.25, -0.2) is 8.42 Å². The zero-order valence-electron chi connectivity index (χ0n) is 17.3. The average molecular weight is 436 g/mol. The lowest BCUT2D eigenvalue weighted by Crippen LogP contribution is -2.18. The molecule has 0 spiro atoms. The number of carbonyl (C=O) groups excluding carboxylic acids is 1. The number of aryl methyl sites for hydroxylation is 1. The van der Waals surface area contributed by atoms with Crippen LogP contribution in [0.2, 0.25) is 0 Å². The van der Waals surface area contributed by atoms with Gasteiger partial charge in [0.25, 0.3) is 15.9 Å². The van der Waals surface area contributed by atoms with Crippen LogP contribution in [0.5, 0.6) is 0 Å². The van der Waals surface area contributed by atoms with Gasteiger partial charge in [-0.1, -0.05) is 24.3 Å². The molecule has 0 atom stereocenters. The van der Waals surface area contributed by atoms with Crippen molar-refractivity contribution in [3.63, 3.8) is 0 Å². The highest BCUT2D eigenvalue weighted by atomic mass is 32.2. The first-order valence-corrected chi connectivity index (χ1v) is 11.8. The number of amides is 1. The van der Waals surface area contributed by atoms with Crippen LogP contribution < -0.4 is 14.9 Å². The Kier molecular flexibility index (Phi) is 5.95. The van der Waals surface area contributed by atoms with Gasteiger partial charge in [-0.05, 0) is 73.9 Å². The van der Waals surface area contributed by atoms with E-state index < -0.39 is 10.0 Å². The van der Waals surface area contributed by atoms with Crippen molar-refractivity contribution in [3.05, 3.63) is 83.9 Å². The van der Waals surface area contributed by atoms with Gasteiger partial charge in [0.2, 0.25) is 0 Å². The number of anilines is 3. The topological polar surface area (TPSA) is 78.5 Å². The first-order valence-electron chi connectivity index (χ1n) is 10.3. The molecule has 1 aliphatic rings. The van der Waals surface area contributed by atoms with Crippen LogP contribution in [0.15, 0.2) is 77.7 Å². The second-order valence-electron chi connectivity index (χ2n) is 7.64. The zero-order chi connectivity index (χ0) is 21.8. The molecule has 0 aliphatic carbocycles. The highest BCUT2D eigenvalue weighted by Crippen LogP contribution is 2.24. The number of carbonyl (C=O) groups is 1. The largest absolute Gasteiger partial charge is 0.372 e. The molecule has 160 valence electrons. The van der Waals surface area contributed by atoms with E-state index in [2.05, 4.69) is 14.9 Å². The summed E-state index contributed by atoms with van der Waals surface area (Å²) in [7, 11) is -3.74. The minimum Gasteiger partial charge on any atom is -0.372 e. The fourth-order valence-corrected chi connectivity index (χ4v) is 4.75. The third kappa shape index (κ3) is 4.88. The molecule has 7 heteroatoms. The molecule has 0 saturated carbocycles. The van der Waals surface area contributed by atoms with E-state index in [1.54, 1.807) is 43.3 Å². The van der Waals surface area contributed by atoms with Crippen LogP contribution in [0.1, 0.15) is 28.8 Å². The highest BCUT2D eigenvalue weighted by Gasteiger charge is 2.17. The molecule has 1 heterocycles. The highest BCUT2D eigenvalue weighted by molar-refractivity contribution is 7.92. The van der Waals surface area contributed by atoms with Crippen LogP contribution in [0.4, 0.5) is 17.1 Å². The third-order valence-corrected chi connectivity index (χ3v) is 6.78. The Labute approximate surface area is 183 Å². The molecule has 0 radical (unpaired) electrons. The van der Waals surface area contributed by atoms with Gasteiger partial charge in [0.05, 0.1) is 10.6 Å². The van der Waals surface area contributed by atoms with Crippen LogP contribution >= 0.6 is 0 Å². The smallest absolute Gasteiger partial charge is 0.261 e. The summed E-state index contributed by atoms with van der Waals surface area (Å²) in [5, 5.41) is 2.88. The second-order valence-corrected chi connectivity index (χ2v) is 9.33. The van der Waals surface area contributed by atoms with Gasteiger partial charge < -0.3 is 10.2 Å². The van der Waals surface area contributed by atoms with Crippen molar-refractivity contribution in [2.75, 3.05) is 28.0 Å². The van der Waals surface area contributed by atoms with Crippen molar-refractivity contribution in [2.24, 2.45) is 0 Å². The number of hydrogen-bond acceptors (Lipinski definition) is 4. The van der Waals surface area contributed by atoms with Crippen molar-refractivity contribution in [2.45, 2.75) is 24.7 Å². The van der Waals surface area contributed by atoms with Gasteiger partial charge >= 0.3 is 0 Å². The van der Waals surface area contributed by atoms with E-state index in [4.69, 9.17) is 0 Å². The van der Waals surface area contributed by atoms with Gasteiger partial charge in [0.1, 0.15) is 0 Å². The quantitative estimate of drug-likeness (QED) is 0.591. The third-order valence-electron chi connectivity index (χ3n) is 5.39. The van der Waals surface area contributed by atoms with E-state index in [1.165, 1.54) is 25.0 Å². The SMILES string of the molecule is Cc1ccc(C(=O)Nc2ccc(N3CCCC3)cc2)cc1NS(=O)(=O)c1ccccc1. The normalized spacial score (nSPS) is 13.8. The van der Waals surface area contributed by atoms with Crippen molar-refractivity contribution < 1.29 is 13.2 Å². The molecule has 0 aromatic heterocycles. The lowest BCUT2D eigenvalue weighted by atomic mass is 10.1. The molecule has 1 fully saturated rings. The Balaban J connectivity index is 1.49. The Bertz CT molecular complexity index is 1170. The first-order chi connectivity index (χ1) is 14.9. The summed E-state index contributed by atoms with van der Waals surface area (Å²) in [5.41, 5.74) is 3.33. The average Bonchev–Trinajstić information content (AvgIpc) is 3.31. The van der Waals surface area contributed by atoms with E-state index in [-0.39, 0.29) is 10.8 Å². The molecule has 0 unspecified atom stereocenters. The summed E-state index contributed by atoms with van der Waals surface area (Å²) in [4.78, 5) is 15.3. The Morgan fingerprint density at radius 1 is 0.903 bits per heavy atom. The Hall–Kier alpha value is -3.32. The molecule has 1 amide bonds. The number of sulfonamides is 1. The molecule has 31 heavy (non-hydrogen) atoms. The summed E-state index contributed by atoms with van der Waals surface area (Å²) in [6.07, 6.45) is 2.42. The lowest BCUT2D eigenvalue weighted by molar-refractivity contribution is 0.102. The minimum absolute atomic E-state index is 0.169. The molecule has 3 aromatic carbocycles. The molecule has 1 aliphatic heterocycles. The number of nitrogens with zero attached hydrogens (tertiary/aromatic N) is 1. The number of hydrogen-bond donors (Lipinski definition) is 2. The van der Waals surface area contributed by atoms with Crippen LogP contribution in [0.25, 0.3) is 0 Å². The number of benzene rings is 3. The van der Waals surface area contributed by atoms with Crippen molar-refractivity contribution in [3.8, 4) is 0 Å². The maximum atomic E-state index is 12.8. The van der Waals surface area contributed by atoms with Gasteiger partial charge in [-0.2, -0.15) is 0 Å². The monoisotopic (exact) mass is 435 g/mol. The van der Waals surface area contributed by atoms with E-state index in [0.717, 1.165) is 24.3 Å². The van der Waals surface area contributed by atoms with Gasteiger partial charge in [0.15, 0.2) is 0 Å². The van der Waals surface area contributed by atoms with Gasteiger partial charge in [-0.15, -0.1) is 0 Å². The van der Waals surface area contributed by atoms with Gasteiger partial charge in [-0.3, -0.25) is 9.52 Å². The minimum atomic E-state index is -3.74. The summed E-state index contributed by atoms with van der Waals surface area (Å²) in [6.45, 7) is 3.93. The summed E-state index contributed by atoms with van der Waals surface area (Å²) < 4.78 is 27.9. The molecular weight excluding hydrogens is 410 g/mol. The van der Waals surface area contributed by atoms with Crippen LogP contribution in [0, 0.1) is 6.92 Å². The predicted molar refractivity (Wildman–Crippen MR) is 124 cm³/mol. The number of nitrogens with one attached hydrogen (secondary N) is 2. The molecule has 2 N–H and O–H groups in total. The summed E-state index contributed by atoms with van der Waals surface area (Å²) in [6, 6.07) is 20.9. The van der Waals surface area contributed by atoms with E-state index in [0.29, 0.717) is 16.9 Å². The fourth-order valence-electron chi connectivity index (χ4n) is 3.61. The van der Waals surface area contributed by atoms with Crippen molar-refractivity contribution in [1.82, 2.24) is 0 Å². The van der Waals surface area contributed by atoms with Crippen molar-refractivity contribution >= 4 is 33.0 Å². The van der Waals surface area contributed by atoms with Gasteiger partial charge in [0, 0.05) is 30.0 Å². The molecule has 4 rings (SSSR count). The molecular formula is C24H25N3O3S. The standard InChI is InChI=1S/C24H25N3O3S/c1-18-9-10-19(17-23(18)26-31(29,30)22-7-3-2-4-8-22)24(28)25-20-11-13-21(14-12-20)27-15-5-6-16-27/h2-4,7-14,17,26H,5-6,15-16H2,1H3,(H,25,28). The Morgan fingerprint density at radius 3 is 2.26 bits per heavy atom. The van der Waals surface area contributed by atoms with Crippen LogP contribution in [-0.4, -0.2) is 27.4 Å². The Morgan fingerprint density at radius 2 is 1.58 bits per heavy atom. The van der Waals surface area contributed by atoms with E-state index in [9.17, 15) is 13.2 Å². The molecule has 1 saturated heterocycles. The van der Waals surface area contributed by atoms with Crippen LogP contribution in [-0.2, 0) is 10.0 Å². The maximum absolute atomic E-state index is 12.8. The molecule has 0 bridgehead atoms. The predicted octanol–water partition coefficient (Wildman–Crippen LogP) is 4.65. The number of rotatable bonds is 6. The summed E-state index contributed by atoms with van der Waals surface area (Å²) >= 11 is 0. The van der Waals surface area contributed by atoms with E-state index >= 15 is 0 Å². The first kappa shape index (κ1) is 20.9. The van der Waals surface area contributed by atoms with Crippen molar-refractivity contribution in [1.29, 1.82) is 0 Å². The lowest BCUT2D eigenvalue weighted by Gasteiger charge is -2.18. The van der Waals surface area contributed by atoms with Crippen LogP contribution in [0.3, 0.4) is 0 Å². The molecule has 3 aromatic rings. The van der Waals surface area contributed by atoms with E-state index in [1.807, 2.05) is 24.3 Å². The summed E-state index contributed by atoms with van der Waals surface area (Å²) in [5.74, 6) is -0.297. The zero-order valence-corrected chi connectivity index (χ0v) is 18.2. The maximum Gasteiger partial charge on any atom is 0.261 e. The fraction of sp³-hybridized carbons (Fsp3) is 0.208. The second kappa shape index (κ2) is 8.81.